The lowest BCUT2D eigenvalue weighted by atomic mass is 10.0. The molecule has 146 valence electrons. The number of halogens is 1. The zero-order chi connectivity index (χ0) is 20.2. The number of amides is 1. The Hall–Kier alpha value is -2.05. The Morgan fingerprint density at radius 1 is 1.19 bits per heavy atom. The van der Waals surface area contributed by atoms with Crippen LogP contribution in [-0.4, -0.2) is 26.6 Å². The van der Waals surface area contributed by atoms with Crippen LogP contribution in [0.1, 0.15) is 37.4 Å². The standard InChI is InChI=1S/C20H25ClN2O3S/c1-5-19(16-11-9-14(2)10-12-16)22-20(24)15(3)23(27(4,25)26)18-8-6-7-17(21)13-18/h6-13,15,19H,5H2,1-4H3,(H,22,24)/t15-,19+/m0/s1. The number of anilines is 1. The van der Waals surface area contributed by atoms with Crippen LogP contribution < -0.4 is 9.62 Å². The Morgan fingerprint density at radius 3 is 2.33 bits per heavy atom. The molecule has 7 heteroatoms. The number of carbonyl (C=O) groups excluding carboxylic acids is 1. The summed E-state index contributed by atoms with van der Waals surface area (Å²) < 4.78 is 25.8. The van der Waals surface area contributed by atoms with Crippen molar-refractivity contribution in [1.29, 1.82) is 0 Å². The zero-order valence-electron chi connectivity index (χ0n) is 15.9. The molecule has 2 rings (SSSR count). The minimum atomic E-state index is -3.68. The Bertz CT molecular complexity index is 898. The lowest BCUT2D eigenvalue weighted by molar-refractivity contribution is -0.122. The van der Waals surface area contributed by atoms with E-state index in [2.05, 4.69) is 5.32 Å². The predicted molar refractivity (Wildman–Crippen MR) is 111 cm³/mol. The van der Waals surface area contributed by atoms with Gasteiger partial charge in [0.15, 0.2) is 0 Å². The predicted octanol–water partition coefficient (Wildman–Crippen LogP) is 4.07. The Kier molecular flexibility index (Phi) is 6.89. The van der Waals surface area contributed by atoms with Crippen LogP contribution in [0.4, 0.5) is 5.69 Å². The summed E-state index contributed by atoms with van der Waals surface area (Å²) in [6.45, 7) is 5.54. The van der Waals surface area contributed by atoms with Crippen LogP contribution in [0.25, 0.3) is 0 Å². The second-order valence-corrected chi connectivity index (χ2v) is 8.89. The van der Waals surface area contributed by atoms with Gasteiger partial charge in [-0.25, -0.2) is 8.42 Å². The number of hydrogen-bond donors (Lipinski definition) is 1. The van der Waals surface area contributed by atoms with Crippen molar-refractivity contribution in [2.24, 2.45) is 0 Å². The first-order chi connectivity index (χ1) is 12.6. The second kappa shape index (κ2) is 8.76. The number of aryl methyl sites for hydroxylation is 1. The van der Waals surface area contributed by atoms with E-state index in [1.807, 2.05) is 38.1 Å². The highest BCUT2D eigenvalue weighted by Crippen LogP contribution is 2.25. The summed E-state index contributed by atoms with van der Waals surface area (Å²) in [6.07, 6.45) is 1.77. The summed E-state index contributed by atoms with van der Waals surface area (Å²) in [5, 5.41) is 3.36. The van der Waals surface area contributed by atoms with Crippen LogP contribution in [0.5, 0.6) is 0 Å². The number of benzene rings is 2. The molecule has 0 unspecified atom stereocenters. The van der Waals surface area contributed by atoms with E-state index in [1.54, 1.807) is 25.1 Å². The fourth-order valence-electron chi connectivity index (χ4n) is 2.93. The number of hydrogen-bond acceptors (Lipinski definition) is 3. The minimum Gasteiger partial charge on any atom is -0.347 e. The third kappa shape index (κ3) is 5.47. The van der Waals surface area contributed by atoms with Crippen molar-refractivity contribution >= 4 is 33.2 Å². The fourth-order valence-corrected chi connectivity index (χ4v) is 4.29. The summed E-state index contributed by atoms with van der Waals surface area (Å²) in [5.74, 6) is -0.368. The van der Waals surface area contributed by atoms with Crippen LogP contribution in [0.15, 0.2) is 48.5 Å². The number of nitrogens with one attached hydrogen (secondary N) is 1. The maximum absolute atomic E-state index is 12.8. The van der Waals surface area contributed by atoms with E-state index >= 15 is 0 Å². The highest BCUT2D eigenvalue weighted by Gasteiger charge is 2.30. The van der Waals surface area contributed by atoms with Crippen molar-refractivity contribution in [2.45, 2.75) is 39.3 Å². The van der Waals surface area contributed by atoms with Gasteiger partial charge in [0.2, 0.25) is 15.9 Å². The molecule has 0 aliphatic carbocycles. The van der Waals surface area contributed by atoms with Gasteiger partial charge in [-0.15, -0.1) is 0 Å². The van der Waals surface area contributed by atoms with Gasteiger partial charge in [0.1, 0.15) is 6.04 Å². The third-order valence-electron chi connectivity index (χ3n) is 4.36. The average molecular weight is 409 g/mol. The van der Waals surface area contributed by atoms with Gasteiger partial charge in [0.25, 0.3) is 0 Å². The second-order valence-electron chi connectivity index (χ2n) is 6.59. The molecular weight excluding hydrogens is 384 g/mol. The summed E-state index contributed by atoms with van der Waals surface area (Å²) in [4.78, 5) is 12.8. The highest BCUT2D eigenvalue weighted by molar-refractivity contribution is 7.92. The van der Waals surface area contributed by atoms with Crippen LogP contribution >= 0.6 is 11.6 Å². The molecular formula is C20H25ClN2O3S. The smallest absolute Gasteiger partial charge is 0.244 e. The van der Waals surface area contributed by atoms with Gasteiger partial charge in [-0.3, -0.25) is 9.10 Å². The van der Waals surface area contributed by atoms with E-state index in [4.69, 9.17) is 11.6 Å². The molecule has 0 saturated carbocycles. The number of rotatable bonds is 7. The van der Waals surface area contributed by atoms with E-state index in [9.17, 15) is 13.2 Å². The molecule has 2 aromatic rings. The summed E-state index contributed by atoms with van der Waals surface area (Å²) in [6, 6.07) is 13.3. The SMILES string of the molecule is CC[C@@H](NC(=O)[C@H](C)N(c1cccc(Cl)c1)S(C)(=O)=O)c1ccc(C)cc1. The molecule has 27 heavy (non-hydrogen) atoms. The van der Waals surface area contributed by atoms with Crippen molar-refractivity contribution in [3.05, 3.63) is 64.7 Å². The topological polar surface area (TPSA) is 66.5 Å². The number of sulfonamides is 1. The van der Waals surface area contributed by atoms with Crippen LogP contribution in [-0.2, 0) is 14.8 Å². The molecule has 0 spiro atoms. The molecule has 1 N–H and O–H groups in total. The zero-order valence-corrected chi connectivity index (χ0v) is 17.5. The molecule has 0 radical (unpaired) electrons. The van der Waals surface area contributed by atoms with Gasteiger partial charge >= 0.3 is 0 Å². The average Bonchev–Trinajstić information content (AvgIpc) is 2.59. The first-order valence-corrected chi connectivity index (χ1v) is 11.0. The van der Waals surface area contributed by atoms with Crippen molar-refractivity contribution in [3.63, 3.8) is 0 Å². The fraction of sp³-hybridized carbons (Fsp3) is 0.350. The van der Waals surface area contributed by atoms with Gasteiger partial charge in [-0.05, 0) is 44.0 Å². The van der Waals surface area contributed by atoms with Crippen LogP contribution in [0, 0.1) is 6.92 Å². The van der Waals surface area contributed by atoms with E-state index in [0.29, 0.717) is 17.1 Å². The lowest BCUT2D eigenvalue weighted by Crippen LogP contribution is -2.48. The first-order valence-electron chi connectivity index (χ1n) is 8.75. The van der Waals surface area contributed by atoms with Crippen LogP contribution in [0.2, 0.25) is 5.02 Å². The number of carbonyl (C=O) groups is 1. The van der Waals surface area contributed by atoms with Crippen molar-refractivity contribution < 1.29 is 13.2 Å². The molecule has 0 bridgehead atoms. The molecule has 0 saturated heterocycles. The van der Waals surface area contributed by atoms with Crippen LogP contribution in [0.3, 0.4) is 0 Å². The molecule has 0 aliphatic rings. The molecule has 5 nitrogen and oxygen atoms in total. The highest BCUT2D eigenvalue weighted by atomic mass is 35.5. The van der Waals surface area contributed by atoms with Crippen molar-refractivity contribution in [1.82, 2.24) is 5.32 Å². The van der Waals surface area contributed by atoms with Gasteiger partial charge in [0.05, 0.1) is 18.0 Å². The number of nitrogens with zero attached hydrogens (tertiary/aromatic N) is 1. The monoisotopic (exact) mass is 408 g/mol. The summed E-state index contributed by atoms with van der Waals surface area (Å²) in [7, 11) is -3.68. The maximum Gasteiger partial charge on any atom is 0.244 e. The third-order valence-corrected chi connectivity index (χ3v) is 5.83. The van der Waals surface area contributed by atoms with Crippen molar-refractivity contribution in [2.75, 3.05) is 10.6 Å². The Labute approximate surface area is 166 Å². The molecule has 2 aromatic carbocycles. The van der Waals surface area contributed by atoms with E-state index in [0.717, 1.165) is 21.7 Å². The van der Waals surface area contributed by atoms with Gasteiger partial charge < -0.3 is 5.32 Å². The normalized spacial score (nSPS) is 13.7. The van der Waals surface area contributed by atoms with Crippen molar-refractivity contribution in [3.8, 4) is 0 Å². The largest absolute Gasteiger partial charge is 0.347 e. The minimum absolute atomic E-state index is 0.193. The lowest BCUT2D eigenvalue weighted by Gasteiger charge is -2.30. The first kappa shape index (κ1) is 21.3. The quantitative estimate of drug-likeness (QED) is 0.750. The molecule has 2 atom stereocenters. The molecule has 0 aliphatic heterocycles. The van der Waals surface area contributed by atoms with Gasteiger partial charge in [-0.1, -0.05) is 54.4 Å². The Balaban J connectivity index is 2.27. The molecule has 0 fully saturated rings. The van der Waals surface area contributed by atoms with Gasteiger partial charge in [-0.2, -0.15) is 0 Å². The van der Waals surface area contributed by atoms with E-state index in [1.165, 1.54) is 6.07 Å². The van der Waals surface area contributed by atoms with Gasteiger partial charge in [0, 0.05) is 5.02 Å². The molecule has 0 aromatic heterocycles. The Morgan fingerprint density at radius 2 is 1.81 bits per heavy atom. The molecule has 1 amide bonds. The maximum atomic E-state index is 12.8. The summed E-state index contributed by atoms with van der Waals surface area (Å²) in [5.41, 5.74) is 2.48. The summed E-state index contributed by atoms with van der Waals surface area (Å²) >= 11 is 6.00. The molecule has 0 heterocycles. The van der Waals surface area contributed by atoms with E-state index < -0.39 is 16.1 Å². The van der Waals surface area contributed by atoms with E-state index in [-0.39, 0.29) is 11.9 Å².